The Kier molecular flexibility index (Phi) is 8.49. The predicted octanol–water partition coefficient (Wildman–Crippen LogP) is 4.74. The molecule has 33 heavy (non-hydrogen) atoms. The minimum Gasteiger partial charge on any atom is -0.493 e. The van der Waals surface area contributed by atoms with E-state index in [0.717, 1.165) is 0 Å². The zero-order chi connectivity index (χ0) is 23.6. The third-order valence-corrected chi connectivity index (χ3v) is 4.50. The van der Waals surface area contributed by atoms with Gasteiger partial charge in [0.05, 0.1) is 12.7 Å². The smallest absolute Gasteiger partial charge is 0.338 e. The summed E-state index contributed by atoms with van der Waals surface area (Å²) in [6.07, 6.45) is 0. The minimum absolute atomic E-state index is 0.0372. The van der Waals surface area contributed by atoms with Crippen LogP contribution in [0.5, 0.6) is 17.2 Å². The molecule has 0 saturated heterocycles. The van der Waals surface area contributed by atoms with E-state index in [1.54, 1.807) is 24.3 Å². The fourth-order valence-electron chi connectivity index (χ4n) is 2.72. The number of benzene rings is 3. The normalized spacial score (nSPS) is 10.3. The number of carbonyl (C=O) groups is 2. The SMILES string of the molecule is COc1cc(C(=O)OCCOc2cccc(Cl)c2)ccc1OCC(=O)Nc1ccc(F)cc1. The maximum Gasteiger partial charge on any atom is 0.338 e. The molecule has 0 aliphatic rings. The molecule has 172 valence electrons. The predicted molar refractivity (Wildman–Crippen MR) is 121 cm³/mol. The summed E-state index contributed by atoms with van der Waals surface area (Å²) < 4.78 is 34.4. The molecule has 0 radical (unpaired) electrons. The number of methoxy groups -OCH3 is 1. The highest BCUT2D eigenvalue weighted by Crippen LogP contribution is 2.28. The van der Waals surface area contributed by atoms with E-state index in [-0.39, 0.29) is 36.9 Å². The number of carbonyl (C=O) groups excluding carboxylic acids is 2. The summed E-state index contributed by atoms with van der Waals surface area (Å²) >= 11 is 5.89. The lowest BCUT2D eigenvalue weighted by atomic mass is 10.2. The lowest BCUT2D eigenvalue weighted by Crippen LogP contribution is -2.20. The second-order valence-corrected chi connectivity index (χ2v) is 7.09. The van der Waals surface area contributed by atoms with Crippen molar-refractivity contribution in [2.24, 2.45) is 0 Å². The second kappa shape index (κ2) is 11.7. The highest BCUT2D eigenvalue weighted by molar-refractivity contribution is 6.30. The lowest BCUT2D eigenvalue weighted by Gasteiger charge is -2.12. The van der Waals surface area contributed by atoms with Crippen LogP contribution in [0.4, 0.5) is 10.1 Å². The van der Waals surface area contributed by atoms with Crippen LogP contribution in [0, 0.1) is 5.82 Å². The molecule has 0 aliphatic carbocycles. The number of hydrogen-bond donors (Lipinski definition) is 1. The average molecular weight is 474 g/mol. The molecule has 9 heteroatoms. The summed E-state index contributed by atoms with van der Waals surface area (Å²) in [5.41, 5.74) is 0.687. The number of esters is 1. The van der Waals surface area contributed by atoms with Crippen molar-refractivity contribution in [1.82, 2.24) is 0 Å². The van der Waals surface area contributed by atoms with Gasteiger partial charge in [0.15, 0.2) is 18.1 Å². The average Bonchev–Trinajstić information content (AvgIpc) is 2.81. The Morgan fingerprint density at radius 1 is 0.939 bits per heavy atom. The molecule has 0 unspecified atom stereocenters. The maximum absolute atomic E-state index is 12.9. The number of nitrogens with one attached hydrogen (secondary N) is 1. The van der Waals surface area contributed by atoms with Crippen LogP contribution < -0.4 is 19.5 Å². The fraction of sp³-hybridized carbons (Fsp3) is 0.167. The summed E-state index contributed by atoms with van der Waals surface area (Å²) in [7, 11) is 1.41. The third-order valence-electron chi connectivity index (χ3n) is 4.27. The van der Waals surface area contributed by atoms with Crippen LogP contribution in [0.1, 0.15) is 10.4 Å². The van der Waals surface area contributed by atoms with Crippen LogP contribution in [0.25, 0.3) is 0 Å². The van der Waals surface area contributed by atoms with Gasteiger partial charge in [-0.15, -0.1) is 0 Å². The summed E-state index contributed by atoms with van der Waals surface area (Å²) in [4.78, 5) is 24.3. The Morgan fingerprint density at radius 3 is 2.45 bits per heavy atom. The number of ether oxygens (including phenoxy) is 4. The second-order valence-electron chi connectivity index (χ2n) is 6.65. The molecule has 1 N–H and O–H groups in total. The van der Waals surface area contributed by atoms with Gasteiger partial charge in [-0.25, -0.2) is 9.18 Å². The number of halogens is 2. The number of anilines is 1. The molecule has 3 rings (SSSR count). The van der Waals surface area contributed by atoms with Crippen molar-refractivity contribution in [3.8, 4) is 17.2 Å². The van der Waals surface area contributed by atoms with Crippen molar-refractivity contribution in [3.63, 3.8) is 0 Å². The van der Waals surface area contributed by atoms with Crippen molar-refractivity contribution >= 4 is 29.2 Å². The van der Waals surface area contributed by atoms with Crippen LogP contribution in [-0.2, 0) is 9.53 Å². The summed E-state index contributed by atoms with van der Waals surface area (Å²) in [6.45, 7) is -0.110. The Bertz CT molecular complexity index is 1110. The Morgan fingerprint density at radius 2 is 1.73 bits per heavy atom. The molecule has 0 bridgehead atoms. The number of rotatable bonds is 10. The first-order valence-electron chi connectivity index (χ1n) is 9.86. The van der Waals surface area contributed by atoms with Gasteiger partial charge in [0.25, 0.3) is 5.91 Å². The van der Waals surface area contributed by atoms with E-state index in [9.17, 15) is 14.0 Å². The van der Waals surface area contributed by atoms with Gasteiger partial charge in [-0.2, -0.15) is 0 Å². The molecule has 3 aromatic rings. The van der Waals surface area contributed by atoms with Crippen LogP contribution >= 0.6 is 11.6 Å². The molecule has 0 saturated carbocycles. The van der Waals surface area contributed by atoms with Gasteiger partial charge < -0.3 is 24.3 Å². The summed E-state index contributed by atoms with van der Waals surface area (Å²) in [5, 5.41) is 3.13. The van der Waals surface area contributed by atoms with Gasteiger partial charge in [0.1, 0.15) is 24.8 Å². The number of hydrogen-bond acceptors (Lipinski definition) is 6. The molecular formula is C24H21ClFNO6. The minimum atomic E-state index is -0.566. The fourth-order valence-corrected chi connectivity index (χ4v) is 2.90. The van der Waals surface area contributed by atoms with E-state index < -0.39 is 17.7 Å². The Balaban J connectivity index is 1.49. The van der Waals surface area contributed by atoms with E-state index in [1.807, 2.05) is 0 Å². The highest BCUT2D eigenvalue weighted by Gasteiger charge is 2.14. The molecule has 0 atom stereocenters. The Hall–Kier alpha value is -3.78. The highest BCUT2D eigenvalue weighted by atomic mass is 35.5. The summed E-state index contributed by atoms with van der Waals surface area (Å²) in [5.74, 6) is -0.302. The van der Waals surface area contributed by atoms with Gasteiger partial charge >= 0.3 is 5.97 Å². The molecule has 0 spiro atoms. The van der Waals surface area contributed by atoms with Crippen LogP contribution in [0.2, 0.25) is 5.02 Å². The molecule has 1 amide bonds. The Labute approximate surface area is 195 Å². The van der Waals surface area contributed by atoms with Crippen LogP contribution in [0.15, 0.2) is 66.7 Å². The van der Waals surface area contributed by atoms with Gasteiger partial charge in [-0.05, 0) is 60.7 Å². The van der Waals surface area contributed by atoms with Crippen molar-refractivity contribution in [3.05, 3.63) is 83.1 Å². The van der Waals surface area contributed by atoms with Gasteiger partial charge in [-0.3, -0.25) is 4.79 Å². The van der Waals surface area contributed by atoms with Crippen molar-refractivity contribution < 1.29 is 32.9 Å². The van der Waals surface area contributed by atoms with Gasteiger partial charge in [0.2, 0.25) is 0 Å². The quantitative estimate of drug-likeness (QED) is 0.338. The van der Waals surface area contributed by atoms with Crippen molar-refractivity contribution in [2.45, 2.75) is 0 Å². The molecule has 0 fully saturated rings. The van der Waals surface area contributed by atoms with E-state index in [4.69, 9.17) is 30.5 Å². The zero-order valence-corrected chi connectivity index (χ0v) is 18.4. The summed E-state index contributed by atoms with van der Waals surface area (Å²) in [6, 6.07) is 16.7. The lowest BCUT2D eigenvalue weighted by molar-refractivity contribution is -0.118. The molecular weight excluding hydrogens is 453 g/mol. The standard InChI is InChI=1S/C24H21ClFNO6/c1-30-22-13-16(24(29)32-12-11-31-20-4-2-3-17(25)14-20)5-10-21(22)33-15-23(28)27-19-8-6-18(26)7-9-19/h2-10,13-14H,11-12,15H2,1H3,(H,27,28). The maximum atomic E-state index is 12.9. The van der Waals surface area contributed by atoms with Crippen LogP contribution in [-0.4, -0.2) is 38.8 Å². The van der Waals surface area contributed by atoms with Crippen molar-refractivity contribution in [2.75, 3.05) is 32.2 Å². The first kappa shape index (κ1) is 23.9. The largest absolute Gasteiger partial charge is 0.493 e. The molecule has 7 nitrogen and oxygen atoms in total. The van der Waals surface area contributed by atoms with E-state index in [0.29, 0.717) is 16.5 Å². The van der Waals surface area contributed by atoms with Gasteiger partial charge in [0, 0.05) is 10.7 Å². The first-order chi connectivity index (χ1) is 15.9. The molecule has 0 aliphatic heterocycles. The van der Waals surface area contributed by atoms with Crippen molar-refractivity contribution in [1.29, 1.82) is 0 Å². The number of amides is 1. The topological polar surface area (TPSA) is 83.1 Å². The zero-order valence-electron chi connectivity index (χ0n) is 17.7. The monoisotopic (exact) mass is 473 g/mol. The molecule has 0 aromatic heterocycles. The van der Waals surface area contributed by atoms with E-state index >= 15 is 0 Å². The van der Waals surface area contributed by atoms with E-state index in [2.05, 4.69) is 5.32 Å². The molecule has 3 aromatic carbocycles. The van der Waals surface area contributed by atoms with Crippen LogP contribution in [0.3, 0.4) is 0 Å². The third kappa shape index (κ3) is 7.40. The van der Waals surface area contributed by atoms with Gasteiger partial charge in [-0.1, -0.05) is 17.7 Å². The first-order valence-corrected chi connectivity index (χ1v) is 10.2. The molecule has 0 heterocycles. The van der Waals surface area contributed by atoms with E-state index in [1.165, 1.54) is 49.6 Å².